The SMILES string of the molecule is CC(C)C(C(=O)O)N1CCC[C@@H]1c1ccccn1. The van der Waals surface area contributed by atoms with Gasteiger partial charge < -0.3 is 5.11 Å². The Balaban J connectivity index is 2.24. The van der Waals surface area contributed by atoms with E-state index in [0.29, 0.717) is 0 Å². The molecule has 4 nitrogen and oxygen atoms in total. The summed E-state index contributed by atoms with van der Waals surface area (Å²) < 4.78 is 0. The van der Waals surface area contributed by atoms with Crippen molar-refractivity contribution in [3.8, 4) is 0 Å². The van der Waals surface area contributed by atoms with Crippen LogP contribution in [-0.4, -0.2) is 33.5 Å². The molecule has 1 N–H and O–H groups in total. The highest BCUT2D eigenvalue weighted by Gasteiger charge is 2.37. The van der Waals surface area contributed by atoms with Crippen LogP contribution in [0, 0.1) is 5.92 Å². The predicted molar refractivity (Wildman–Crippen MR) is 69.2 cm³/mol. The van der Waals surface area contributed by atoms with Crippen molar-refractivity contribution >= 4 is 5.97 Å². The highest BCUT2D eigenvalue weighted by molar-refractivity contribution is 5.74. The fraction of sp³-hybridized carbons (Fsp3) is 0.571. The van der Waals surface area contributed by atoms with Crippen molar-refractivity contribution in [2.24, 2.45) is 5.92 Å². The van der Waals surface area contributed by atoms with Crippen LogP contribution in [0.3, 0.4) is 0 Å². The quantitative estimate of drug-likeness (QED) is 0.888. The van der Waals surface area contributed by atoms with E-state index in [1.165, 1.54) is 0 Å². The smallest absolute Gasteiger partial charge is 0.321 e. The number of aliphatic carboxylic acids is 1. The molecule has 0 aliphatic carbocycles. The molecule has 98 valence electrons. The van der Waals surface area contributed by atoms with Crippen LogP contribution in [-0.2, 0) is 4.79 Å². The first-order valence-electron chi connectivity index (χ1n) is 6.50. The van der Waals surface area contributed by atoms with Gasteiger partial charge in [0, 0.05) is 6.20 Å². The van der Waals surface area contributed by atoms with E-state index in [4.69, 9.17) is 0 Å². The second kappa shape index (κ2) is 5.48. The van der Waals surface area contributed by atoms with Crippen LogP contribution in [0.4, 0.5) is 0 Å². The van der Waals surface area contributed by atoms with Crippen molar-refractivity contribution in [1.82, 2.24) is 9.88 Å². The minimum absolute atomic E-state index is 0.104. The van der Waals surface area contributed by atoms with Gasteiger partial charge in [0.1, 0.15) is 6.04 Å². The van der Waals surface area contributed by atoms with E-state index in [1.54, 1.807) is 6.20 Å². The zero-order valence-electron chi connectivity index (χ0n) is 10.9. The number of nitrogens with zero attached hydrogens (tertiary/aromatic N) is 2. The van der Waals surface area contributed by atoms with Crippen LogP contribution in [0.15, 0.2) is 24.4 Å². The van der Waals surface area contributed by atoms with Gasteiger partial charge in [-0.2, -0.15) is 0 Å². The van der Waals surface area contributed by atoms with Crippen LogP contribution in [0.1, 0.15) is 38.4 Å². The Labute approximate surface area is 108 Å². The highest BCUT2D eigenvalue weighted by Crippen LogP contribution is 2.34. The summed E-state index contributed by atoms with van der Waals surface area (Å²) in [5.41, 5.74) is 0.988. The summed E-state index contributed by atoms with van der Waals surface area (Å²) in [5, 5.41) is 9.41. The Hall–Kier alpha value is -1.42. The number of carbonyl (C=O) groups is 1. The first kappa shape index (κ1) is 13.0. The lowest BCUT2D eigenvalue weighted by molar-refractivity contribution is -0.145. The molecule has 0 aromatic carbocycles. The third kappa shape index (κ3) is 2.53. The van der Waals surface area contributed by atoms with Gasteiger partial charge in [0.2, 0.25) is 0 Å². The molecule has 1 aromatic rings. The maximum atomic E-state index is 11.4. The summed E-state index contributed by atoms with van der Waals surface area (Å²) >= 11 is 0. The molecule has 1 aliphatic heterocycles. The third-order valence-corrected chi connectivity index (χ3v) is 3.57. The second-order valence-electron chi connectivity index (χ2n) is 5.18. The molecule has 1 aromatic heterocycles. The first-order chi connectivity index (χ1) is 8.61. The second-order valence-corrected chi connectivity index (χ2v) is 5.18. The average Bonchev–Trinajstić information content (AvgIpc) is 2.78. The van der Waals surface area contributed by atoms with E-state index < -0.39 is 12.0 Å². The van der Waals surface area contributed by atoms with Gasteiger partial charge in [-0.05, 0) is 37.4 Å². The van der Waals surface area contributed by atoms with Crippen LogP contribution < -0.4 is 0 Å². The van der Waals surface area contributed by atoms with Crippen molar-refractivity contribution < 1.29 is 9.90 Å². The summed E-state index contributed by atoms with van der Waals surface area (Å²) in [6, 6.07) is 5.57. The van der Waals surface area contributed by atoms with E-state index in [-0.39, 0.29) is 12.0 Å². The molecule has 0 bridgehead atoms. The largest absolute Gasteiger partial charge is 0.480 e. The molecule has 0 saturated carbocycles. The highest BCUT2D eigenvalue weighted by atomic mass is 16.4. The number of hydrogen-bond donors (Lipinski definition) is 1. The van der Waals surface area contributed by atoms with Crippen molar-refractivity contribution in [2.45, 2.75) is 38.8 Å². The van der Waals surface area contributed by atoms with Gasteiger partial charge in [-0.3, -0.25) is 14.7 Å². The lowest BCUT2D eigenvalue weighted by atomic mass is 10.0. The van der Waals surface area contributed by atoms with Gasteiger partial charge >= 0.3 is 5.97 Å². The number of pyridine rings is 1. The Morgan fingerprint density at radius 2 is 2.28 bits per heavy atom. The minimum Gasteiger partial charge on any atom is -0.480 e. The number of rotatable bonds is 4. The maximum absolute atomic E-state index is 11.4. The molecular weight excluding hydrogens is 228 g/mol. The zero-order chi connectivity index (χ0) is 13.1. The fourth-order valence-corrected chi connectivity index (χ4v) is 2.82. The van der Waals surface area contributed by atoms with Gasteiger partial charge in [0.15, 0.2) is 0 Å². The summed E-state index contributed by atoms with van der Waals surface area (Å²) in [6.45, 7) is 4.77. The maximum Gasteiger partial charge on any atom is 0.321 e. The predicted octanol–water partition coefficient (Wildman–Crippen LogP) is 2.33. The monoisotopic (exact) mass is 248 g/mol. The van der Waals surface area contributed by atoms with Crippen molar-refractivity contribution in [2.75, 3.05) is 6.54 Å². The van der Waals surface area contributed by atoms with E-state index in [1.807, 2.05) is 32.0 Å². The van der Waals surface area contributed by atoms with Crippen LogP contribution in [0.2, 0.25) is 0 Å². The van der Waals surface area contributed by atoms with Gasteiger partial charge in [0.25, 0.3) is 0 Å². The first-order valence-corrected chi connectivity index (χ1v) is 6.50. The molecule has 2 rings (SSSR count). The molecule has 1 aliphatic rings. The Bertz CT molecular complexity index is 406. The van der Waals surface area contributed by atoms with Crippen LogP contribution >= 0.6 is 0 Å². The standard InChI is InChI=1S/C14H20N2O2/c1-10(2)13(14(17)18)16-9-5-7-12(16)11-6-3-4-8-15-11/h3-4,6,8,10,12-13H,5,7,9H2,1-2H3,(H,17,18)/t12-,13?/m1/s1. The molecular formula is C14H20N2O2. The Morgan fingerprint density at radius 3 is 2.83 bits per heavy atom. The molecule has 2 heterocycles. The topological polar surface area (TPSA) is 53.4 Å². The lowest BCUT2D eigenvalue weighted by Crippen LogP contribution is -2.44. The van der Waals surface area contributed by atoms with Crippen molar-refractivity contribution in [3.63, 3.8) is 0 Å². The number of carboxylic acid groups (broad SMARTS) is 1. The Morgan fingerprint density at radius 1 is 1.50 bits per heavy atom. The molecule has 1 fully saturated rings. The summed E-state index contributed by atoms with van der Waals surface area (Å²) in [6.07, 6.45) is 3.81. The summed E-state index contributed by atoms with van der Waals surface area (Å²) in [4.78, 5) is 17.9. The van der Waals surface area contributed by atoms with Crippen LogP contribution in [0.5, 0.6) is 0 Å². The van der Waals surface area contributed by atoms with Crippen LogP contribution in [0.25, 0.3) is 0 Å². The number of aromatic nitrogens is 1. The van der Waals surface area contributed by atoms with Gasteiger partial charge in [-0.1, -0.05) is 19.9 Å². The van der Waals surface area contributed by atoms with E-state index in [2.05, 4.69) is 9.88 Å². The molecule has 0 spiro atoms. The Kier molecular flexibility index (Phi) is 3.97. The lowest BCUT2D eigenvalue weighted by Gasteiger charge is -2.32. The molecule has 1 unspecified atom stereocenters. The van der Waals surface area contributed by atoms with Gasteiger partial charge in [-0.25, -0.2) is 0 Å². The average molecular weight is 248 g/mol. The van der Waals surface area contributed by atoms with E-state index in [9.17, 15) is 9.90 Å². The van der Waals surface area contributed by atoms with Gasteiger partial charge in [0.05, 0.1) is 11.7 Å². The van der Waals surface area contributed by atoms with Crippen molar-refractivity contribution in [1.29, 1.82) is 0 Å². The molecule has 18 heavy (non-hydrogen) atoms. The van der Waals surface area contributed by atoms with Crippen molar-refractivity contribution in [3.05, 3.63) is 30.1 Å². The minimum atomic E-state index is -0.729. The summed E-state index contributed by atoms with van der Waals surface area (Å²) in [7, 11) is 0. The third-order valence-electron chi connectivity index (χ3n) is 3.57. The van der Waals surface area contributed by atoms with Gasteiger partial charge in [-0.15, -0.1) is 0 Å². The molecule has 2 atom stereocenters. The number of hydrogen-bond acceptors (Lipinski definition) is 3. The summed E-state index contributed by atoms with van der Waals surface area (Å²) in [5.74, 6) is -0.625. The fourth-order valence-electron chi connectivity index (χ4n) is 2.82. The van der Waals surface area contributed by atoms with E-state index in [0.717, 1.165) is 25.1 Å². The molecule has 4 heteroatoms. The zero-order valence-corrected chi connectivity index (χ0v) is 10.9. The number of carboxylic acids is 1. The molecule has 0 amide bonds. The van der Waals surface area contributed by atoms with E-state index >= 15 is 0 Å². The molecule has 0 radical (unpaired) electrons. The molecule has 1 saturated heterocycles. The number of likely N-dealkylation sites (tertiary alicyclic amines) is 1. The normalized spacial score (nSPS) is 22.3.